The van der Waals surface area contributed by atoms with E-state index in [2.05, 4.69) is 25.2 Å². The van der Waals surface area contributed by atoms with Gasteiger partial charge in [0.2, 0.25) is 10.0 Å². The summed E-state index contributed by atoms with van der Waals surface area (Å²) in [6, 6.07) is 7.12. The summed E-state index contributed by atoms with van der Waals surface area (Å²) in [5.74, 6) is 1.57. The Hall–Kier alpha value is -1.70. The number of aliphatic imine (C=N–C) groups is 1. The van der Waals surface area contributed by atoms with E-state index < -0.39 is 10.0 Å². The molecule has 0 aliphatic carbocycles. The van der Waals surface area contributed by atoms with Crippen LogP contribution in [-0.2, 0) is 10.0 Å². The molecule has 3 N–H and O–H groups in total. The highest BCUT2D eigenvalue weighted by Gasteiger charge is 2.24. The number of rotatable bonds is 10. The second-order valence-corrected chi connectivity index (χ2v) is 9.13. The average molecular weight is 577 g/mol. The van der Waals surface area contributed by atoms with Crippen molar-refractivity contribution in [2.45, 2.75) is 37.1 Å². The zero-order valence-electron chi connectivity index (χ0n) is 18.4. The zero-order valence-corrected chi connectivity index (χ0v) is 21.5. The highest BCUT2D eigenvalue weighted by molar-refractivity contribution is 14.0. The first kappa shape index (κ1) is 26.6. The summed E-state index contributed by atoms with van der Waals surface area (Å²) in [7, 11) is -3.57. The first-order chi connectivity index (χ1) is 15.1. The molecule has 0 spiro atoms. The minimum Gasteiger partial charge on any atom is -0.468 e. The molecule has 32 heavy (non-hydrogen) atoms. The summed E-state index contributed by atoms with van der Waals surface area (Å²) >= 11 is 0. The molecule has 2 aromatic rings. The second-order valence-electron chi connectivity index (χ2n) is 7.36. The van der Waals surface area contributed by atoms with Crippen molar-refractivity contribution in [1.82, 2.24) is 25.2 Å². The fourth-order valence-electron chi connectivity index (χ4n) is 3.57. The van der Waals surface area contributed by atoms with Crippen molar-refractivity contribution >= 4 is 40.0 Å². The lowest BCUT2D eigenvalue weighted by Crippen LogP contribution is -2.42. The third-order valence-corrected chi connectivity index (χ3v) is 6.57. The number of likely N-dealkylation sites (tertiary alicyclic amines) is 1. The van der Waals surface area contributed by atoms with E-state index in [4.69, 9.17) is 9.41 Å². The number of pyridine rings is 1. The molecule has 178 valence electrons. The predicted octanol–water partition coefficient (Wildman–Crippen LogP) is 2.35. The lowest BCUT2D eigenvalue weighted by molar-refractivity contribution is 0.150. The molecule has 2 aromatic heterocycles. The van der Waals surface area contributed by atoms with Crippen LogP contribution in [0.25, 0.3) is 0 Å². The molecule has 0 saturated carbocycles. The third kappa shape index (κ3) is 8.01. The van der Waals surface area contributed by atoms with Gasteiger partial charge in [0.25, 0.3) is 0 Å². The van der Waals surface area contributed by atoms with Gasteiger partial charge in [-0.2, -0.15) is 0 Å². The van der Waals surface area contributed by atoms with Gasteiger partial charge in [-0.3, -0.25) is 14.9 Å². The number of hydrogen-bond acceptors (Lipinski definition) is 6. The SMILES string of the molecule is CCNC(=NCC(c1ccco1)N1CCCCC1)NCCNS(=O)(=O)c1cccnc1.I. The maximum atomic E-state index is 12.3. The number of guanidine groups is 1. The molecule has 0 aromatic carbocycles. The summed E-state index contributed by atoms with van der Waals surface area (Å²) in [6.45, 7) is 5.99. The van der Waals surface area contributed by atoms with Crippen molar-refractivity contribution in [3.8, 4) is 0 Å². The summed E-state index contributed by atoms with van der Waals surface area (Å²) in [6.07, 6.45) is 8.22. The van der Waals surface area contributed by atoms with E-state index in [1.54, 1.807) is 18.5 Å². The molecular formula is C21H33IN6O3S. The van der Waals surface area contributed by atoms with Gasteiger partial charge in [0, 0.05) is 32.0 Å². The average Bonchev–Trinajstić information content (AvgIpc) is 3.33. The number of furan rings is 1. The quantitative estimate of drug-likeness (QED) is 0.172. The standard InChI is InChI=1S/C21H32N6O3S.HI/c1-2-23-21(24-11-12-26-31(28,29)18-8-6-10-22-16-18)25-17-19(20-9-7-15-30-20)27-13-4-3-5-14-27;/h6-10,15-16,19,26H,2-5,11-14,17H2,1H3,(H2,23,24,25);1H. The number of hydrogen-bond donors (Lipinski definition) is 3. The number of nitrogens with zero attached hydrogens (tertiary/aromatic N) is 3. The van der Waals surface area contributed by atoms with Crippen LogP contribution in [0, 0.1) is 0 Å². The van der Waals surface area contributed by atoms with Crippen LogP contribution in [0.5, 0.6) is 0 Å². The minimum absolute atomic E-state index is 0. The van der Waals surface area contributed by atoms with Gasteiger partial charge in [-0.05, 0) is 57.1 Å². The largest absolute Gasteiger partial charge is 0.468 e. The molecule has 1 aliphatic heterocycles. The van der Waals surface area contributed by atoms with Gasteiger partial charge in [-0.1, -0.05) is 6.42 Å². The first-order valence-corrected chi connectivity index (χ1v) is 12.3. The fourth-order valence-corrected chi connectivity index (χ4v) is 4.57. The molecule has 1 unspecified atom stereocenters. The monoisotopic (exact) mass is 576 g/mol. The van der Waals surface area contributed by atoms with E-state index in [1.807, 2.05) is 19.1 Å². The van der Waals surface area contributed by atoms with Gasteiger partial charge in [0.15, 0.2) is 5.96 Å². The Bertz CT molecular complexity index is 903. The summed E-state index contributed by atoms with van der Waals surface area (Å²) in [5.41, 5.74) is 0. The van der Waals surface area contributed by atoms with Crippen molar-refractivity contribution in [3.63, 3.8) is 0 Å². The summed E-state index contributed by atoms with van der Waals surface area (Å²) in [5, 5.41) is 6.41. The third-order valence-electron chi connectivity index (χ3n) is 5.12. The Morgan fingerprint density at radius 3 is 2.66 bits per heavy atom. The van der Waals surface area contributed by atoms with Gasteiger partial charge in [0.1, 0.15) is 10.7 Å². The van der Waals surface area contributed by atoms with Crippen molar-refractivity contribution in [2.24, 2.45) is 4.99 Å². The van der Waals surface area contributed by atoms with E-state index in [0.29, 0.717) is 25.6 Å². The summed E-state index contributed by atoms with van der Waals surface area (Å²) < 4.78 is 32.8. The number of sulfonamides is 1. The van der Waals surface area contributed by atoms with Crippen molar-refractivity contribution in [1.29, 1.82) is 0 Å². The van der Waals surface area contributed by atoms with E-state index in [1.165, 1.54) is 31.5 Å². The van der Waals surface area contributed by atoms with Crippen LogP contribution >= 0.6 is 24.0 Å². The lowest BCUT2D eigenvalue weighted by Gasteiger charge is -2.32. The molecule has 0 bridgehead atoms. The van der Waals surface area contributed by atoms with Gasteiger partial charge >= 0.3 is 0 Å². The highest BCUT2D eigenvalue weighted by atomic mass is 127. The number of halogens is 1. The fraction of sp³-hybridized carbons (Fsp3) is 0.524. The molecule has 9 nitrogen and oxygen atoms in total. The molecule has 0 radical (unpaired) electrons. The normalized spacial score (nSPS) is 16.2. The van der Waals surface area contributed by atoms with E-state index >= 15 is 0 Å². The molecule has 1 atom stereocenters. The number of piperidine rings is 1. The minimum atomic E-state index is -3.57. The molecule has 1 aliphatic rings. The van der Waals surface area contributed by atoms with Gasteiger partial charge in [0.05, 0.1) is 18.8 Å². The smallest absolute Gasteiger partial charge is 0.242 e. The number of aromatic nitrogens is 1. The molecule has 3 heterocycles. The molecule has 1 saturated heterocycles. The maximum absolute atomic E-state index is 12.3. The van der Waals surface area contributed by atoms with Crippen molar-refractivity contribution in [2.75, 3.05) is 39.3 Å². The zero-order chi connectivity index (χ0) is 21.9. The van der Waals surface area contributed by atoms with Gasteiger partial charge < -0.3 is 15.1 Å². The van der Waals surface area contributed by atoms with Crippen LogP contribution in [0.1, 0.15) is 38.0 Å². The van der Waals surface area contributed by atoms with Crippen LogP contribution in [0.2, 0.25) is 0 Å². The van der Waals surface area contributed by atoms with E-state index in [-0.39, 0.29) is 41.5 Å². The topological polar surface area (TPSA) is 112 Å². The Balaban J connectivity index is 0.00000363. The Morgan fingerprint density at radius 2 is 2.00 bits per heavy atom. The molecule has 11 heteroatoms. The van der Waals surface area contributed by atoms with Crippen LogP contribution in [0.4, 0.5) is 0 Å². The molecule has 0 amide bonds. The van der Waals surface area contributed by atoms with Crippen molar-refractivity contribution < 1.29 is 12.8 Å². The second kappa shape index (κ2) is 13.8. The predicted molar refractivity (Wildman–Crippen MR) is 136 cm³/mol. The van der Waals surface area contributed by atoms with Crippen molar-refractivity contribution in [3.05, 3.63) is 48.7 Å². The van der Waals surface area contributed by atoms with E-state index in [0.717, 1.165) is 18.8 Å². The molecule has 3 rings (SSSR count). The van der Waals surface area contributed by atoms with Crippen LogP contribution in [0.3, 0.4) is 0 Å². The Labute approximate surface area is 207 Å². The lowest BCUT2D eigenvalue weighted by atomic mass is 10.1. The van der Waals surface area contributed by atoms with Crippen LogP contribution in [-0.4, -0.2) is 63.5 Å². The van der Waals surface area contributed by atoms with Gasteiger partial charge in [-0.15, -0.1) is 24.0 Å². The van der Waals surface area contributed by atoms with Gasteiger partial charge in [-0.25, -0.2) is 13.1 Å². The van der Waals surface area contributed by atoms with Crippen LogP contribution in [0.15, 0.2) is 57.2 Å². The first-order valence-electron chi connectivity index (χ1n) is 10.8. The maximum Gasteiger partial charge on any atom is 0.242 e. The Morgan fingerprint density at radius 1 is 1.19 bits per heavy atom. The Kier molecular flexibility index (Phi) is 11.4. The molecule has 1 fully saturated rings. The highest BCUT2D eigenvalue weighted by Crippen LogP contribution is 2.25. The number of nitrogens with one attached hydrogen (secondary N) is 3. The summed E-state index contributed by atoms with van der Waals surface area (Å²) in [4.78, 5) is 11.2. The van der Waals surface area contributed by atoms with E-state index in [9.17, 15) is 8.42 Å². The van der Waals surface area contributed by atoms with Crippen LogP contribution < -0.4 is 15.4 Å². The molecular weight excluding hydrogens is 543 g/mol.